The zero-order valence-corrected chi connectivity index (χ0v) is 24.9. The molecule has 1 fully saturated rings. The summed E-state index contributed by atoms with van der Waals surface area (Å²) in [5.41, 5.74) is 1.70. The lowest BCUT2D eigenvalue weighted by Gasteiger charge is -2.49. The number of esters is 1. The van der Waals surface area contributed by atoms with E-state index in [1.807, 2.05) is 13.8 Å². The summed E-state index contributed by atoms with van der Waals surface area (Å²) in [6.45, 7) is 10.1. The Morgan fingerprint density at radius 1 is 0.951 bits per heavy atom. The number of nitrogens with zero attached hydrogens (tertiary/aromatic N) is 3. The normalized spacial score (nSPS) is 20.9. The predicted molar refractivity (Wildman–Crippen MR) is 154 cm³/mol. The number of amides is 1. The Labute approximate surface area is 239 Å². The molecule has 4 atom stereocenters. The molecule has 2 aromatic carbocycles. The van der Waals surface area contributed by atoms with Gasteiger partial charge in [0.05, 0.1) is 27.9 Å². The number of nitro groups is 2. The number of benzene rings is 2. The van der Waals surface area contributed by atoms with Crippen molar-refractivity contribution in [3.63, 3.8) is 0 Å². The molecule has 0 N–H and O–H groups in total. The minimum atomic E-state index is -2.00. The molecule has 1 unspecified atom stereocenters. The third-order valence-corrected chi connectivity index (χ3v) is 13.4. The molecule has 2 aromatic rings. The average Bonchev–Trinajstić information content (AvgIpc) is 3.23. The van der Waals surface area contributed by atoms with Gasteiger partial charge in [-0.3, -0.25) is 25.0 Å². The second-order valence-corrected chi connectivity index (χ2v) is 15.4. The summed E-state index contributed by atoms with van der Waals surface area (Å²) in [7, 11) is -2.00. The smallest absolute Gasteiger partial charge is 0.355 e. The summed E-state index contributed by atoms with van der Waals surface area (Å²) >= 11 is 0. The van der Waals surface area contributed by atoms with Crippen LogP contribution in [0.4, 0.5) is 11.4 Å². The van der Waals surface area contributed by atoms with Crippen LogP contribution < -0.4 is 0 Å². The Balaban J connectivity index is 1.65. The molecular weight excluding hydrogens is 546 g/mol. The van der Waals surface area contributed by atoms with E-state index in [1.54, 1.807) is 12.1 Å². The van der Waals surface area contributed by atoms with Gasteiger partial charge in [-0.2, -0.15) is 0 Å². The SMILES string of the molecule is CC[Si](CC)(CC)OC(C)[C@H]1C(=O)N2C(C(=O)OCc3ccc([N+](=O)[O-])cc3)=C(c3ccc([N+](=O)[O-])cc3)[C@H](C)[C@H]12. The number of ether oxygens (including phenoxy) is 1. The van der Waals surface area contributed by atoms with Crippen LogP contribution in [0.3, 0.4) is 0 Å². The van der Waals surface area contributed by atoms with E-state index in [0.29, 0.717) is 16.7 Å². The lowest BCUT2D eigenvalue weighted by Crippen LogP contribution is -2.65. The van der Waals surface area contributed by atoms with Crippen LogP contribution in [0.25, 0.3) is 5.57 Å². The molecule has 0 bridgehead atoms. The molecule has 0 radical (unpaired) electrons. The molecule has 1 saturated heterocycles. The molecule has 2 aliphatic heterocycles. The Bertz CT molecular complexity index is 1360. The van der Waals surface area contributed by atoms with Crippen LogP contribution in [-0.4, -0.2) is 47.1 Å². The first-order chi connectivity index (χ1) is 19.5. The summed E-state index contributed by atoms with van der Waals surface area (Å²) in [6, 6.07) is 14.1. The largest absolute Gasteiger partial charge is 0.456 e. The summed E-state index contributed by atoms with van der Waals surface area (Å²) in [4.78, 5) is 49.9. The quantitative estimate of drug-likeness (QED) is 0.0999. The molecule has 218 valence electrons. The molecule has 0 spiro atoms. The number of fused-ring (bicyclic) bond motifs is 1. The van der Waals surface area contributed by atoms with Gasteiger partial charge in [-0.25, -0.2) is 4.79 Å². The Kier molecular flexibility index (Phi) is 8.73. The van der Waals surface area contributed by atoms with Gasteiger partial charge >= 0.3 is 5.97 Å². The van der Waals surface area contributed by atoms with Crippen molar-refractivity contribution in [3.8, 4) is 0 Å². The van der Waals surface area contributed by atoms with Crippen molar-refractivity contribution in [1.29, 1.82) is 0 Å². The molecule has 41 heavy (non-hydrogen) atoms. The van der Waals surface area contributed by atoms with Gasteiger partial charge in [0.15, 0.2) is 8.32 Å². The van der Waals surface area contributed by atoms with Gasteiger partial charge in [0.2, 0.25) is 5.91 Å². The predicted octanol–water partition coefficient (Wildman–Crippen LogP) is 5.84. The first-order valence-electron chi connectivity index (χ1n) is 13.9. The second-order valence-electron chi connectivity index (χ2n) is 10.6. The number of hydrogen-bond acceptors (Lipinski definition) is 8. The van der Waals surface area contributed by atoms with Crippen molar-refractivity contribution in [2.45, 2.75) is 71.5 Å². The van der Waals surface area contributed by atoms with E-state index in [9.17, 15) is 29.8 Å². The first kappa shape index (κ1) is 30.1. The highest BCUT2D eigenvalue weighted by Gasteiger charge is 2.61. The van der Waals surface area contributed by atoms with Gasteiger partial charge in [0, 0.05) is 30.2 Å². The van der Waals surface area contributed by atoms with E-state index < -0.39 is 30.1 Å². The standard InChI is InChI=1S/C29H35N3O8Si/c1-6-41(7-2,8-3)40-19(5)25-26-18(4)24(21-11-15-23(16-12-21)32(37)38)27(30(26)28(25)33)29(34)39-17-20-9-13-22(14-10-20)31(35)36/h9-16,18-19,25-26H,6-8,17H2,1-5H3/t18-,19?,25+,26+/m0/s1. The van der Waals surface area contributed by atoms with Crippen LogP contribution in [0.2, 0.25) is 18.1 Å². The van der Waals surface area contributed by atoms with E-state index in [0.717, 1.165) is 18.1 Å². The number of non-ortho nitro benzene ring substituents is 2. The molecule has 0 aliphatic carbocycles. The van der Waals surface area contributed by atoms with Gasteiger partial charge in [-0.05, 0) is 66.0 Å². The number of rotatable bonds is 12. The minimum absolute atomic E-state index is 0.0782. The van der Waals surface area contributed by atoms with Crippen LogP contribution in [0, 0.1) is 32.1 Å². The van der Waals surface area contributed by atoms with Crippen molar-refractivity contribution in [1.82, 2.24) is 4.90 Å². The highest BCUT2D eigenvalue weighted by Crippen LogP contribution is 2.51. The van der Waals surface area contributed by atoms with E-state index in [1.165, 1.54) is 41.3 Å². The van der Waals surface area contributed by atoms with Gasteiger partial charge in [-0.15, -0.1) is 0 Å². The summed E-state index contributed by atoms with van der Waals surface area (Å²) in [6.07, 6.45) is -0.327. The van der Waals surface area contributed by atoms with E-state index in [-0.39, 0.29) is 47.6 Å². The second kappa shape index (κ2) is 11.9. The van der Waals surface area contributed by atoms with Crippen molar-refractivity contribution < 1.29 is 28.6 Å². The van der Waals surface area contributed by atoms with Crippen molar-refractivity contribution in [2.75, 3.05) is 0 Å². The summed E-state index contributed by atoms with van der Waals surface area (Å²) in [5.74, 6) is -1.60. The number of nitro benzene ring substituents is 2. The van der Waals surface area contributed by atoms with Gasteiger partial charge in [0.25, 0.3) is 11.4 Å². The Hall–Kier alpha value is -3.90. The number of carbonyl (C=O) groups excluding carboxylic acids is 2. The zero-order chi connectivity index (χ0) is 30.1. The maximum atomic E-state index is 13.7. The summed E-state index contributed by atoms with van der Waals surface area (Å²) in [5, 5.41) is 22.2. The molecule has 0 saturated carbocycles. The van der Waals surface area contributed by atoms with Crippen molar-refractivity contribution >= 4 is 37.1 Å². The average molecular weight is 582 g/mol. The topological polar surface area (TPSA) is 142 Å². The molecule has 4 rings (SSSR count). The number of β-lactam (4-membered cyclic amide) rings is 1. The third-order valence-electron chi connectivity index (χ3n) is 8.63. The maximum absolute atomic E-state index is 13.7. The fraction of sp³-hybridized carbons (Fsp3) is 0.448. The molecule has 2 aliphatic rings. The first-order valence-corrected chi connectivity index (χ1v) is 16.4. The fourth-order valence-corrected chi connectivity index (χ4v) is 9.03. The maximum Gasteiger partial charge on any atom is 0.355 e. The summed E-state index contributed by atoms with van der Waals surface area (Å²) < 4.78 is 12.3. The molecular formula is C29H35N3O8Si. The van der Waals surface area contributed by atoms with Gasteiger partial charge in [-0.1, -0.05) is 27.7 Å². The van der Waals surface area contributed by atoms with Crippen LogP contribution in [-0.2, 0) is 25.4 Å². The van der Waals surface area contributed by atoms with Crippen molar-refractivity contribution in [2.24, 2.45) is 11.8 Å². The number of hydrogen-bond donors (Lipinski definition) is 0. The van der Waals surface area contributed by atoms with Crippen LogP contribution in [0.1, 0.15) is 45.7 Å². The Morgan fingerprint density at radius 3 is 1.95 bits per heavy atom. The van der Waals surface area contributed by atoms with Crippen LogP contribution >= 0.6 is 0 Å². The molecule has 1 amide bonds. The lowest BCUT2D eigenvalue weighted by atomic mass is 9.77. The minimum Gasteiger partial charge on any atom is -0.456 e. The fourth-order valence-electron chi connectivity index (χ4n) is 6.09. The Morgan fingerprint density at radius 2 is 1.46 bits per heavy atom. The monoisotopic (exact) mass is 581 g/mol. The molecule has 0 aromatic heterocycles. The van der Waals surface area contributed by atoms with Crippen LogP contribution in [0.5, 0.6) is 0 Å². The lowest BCUT2D eigenvalue weighted by molar-refractivity contribution is -0.385. The molecule has 11 nitrogen and oxygen atoms in total. The molecule has 12 heteroatoms. The van der Waals surface area contributed by atoms with Crippen LogP contribution in [0.15, 0.2) is 54.2 Å². The van der Waals surface area contributed by atoms with Gasteiger partial charge in [0.1, 0.15) is 12.3 Å². The van der Waals surface area contributed by atoms with Gasteiger partial charge < -0.3 is 14.1 Å². The van der Waals surface area contributed by atoms with E-state index in [2.05, 4.69) is 20.8 Å². The van der Waals surface area contributed by atoms with E-state index in [4.69, 9.17) is 9.16 Å². The molecule has 2 heterocycles. The number of carbonyl (C=O) groups is 2. The highest BCUT2D eigenvalue weighted by molar-refractivity contribution is 6.73. The van der Waals surface area contributed by atoms with E-state index >= 15 is 0 Å². The van der Waals surface area contributed by atoms with Crippen molar-refractivity contribution in [3.05, 3.63) is 85.6 Å². The zero-order valence-electron chi connectivity index (χ0n) is 23.9. The highest BCUT2D eigenvalue weighted by atomic mass is 28.4. The third kappa shape index (κ3) is 5.53.